The number of rotatable bonds is 6. The number of anilines is 1. The fourth-order valence-electron chi connectivity index (χ4n) is 1.43. The van der Waals surface area contributed by atoms with Crippen LogP contribution in [-0.4, -0.2) is 37.2 Å². The van der Waals surface area contributed by atoms with E-state index in [0.29, 0.717) is 10.8 Å². The van der Waals surface area contributed by atoms with Crippen LogP contribution in [0.2, 0.25) is 0 Å². The van der Waals surface area contributed by atoms with E-state index in [1.54, 1.807) is 5.38 Å². The van der Waals surface area contributed by atoms with E-state index in [9.17, 15) is 9.59 Å². The van der Waals surface area contributed by atoms with Crippen LogP contribution < -0.4 is 5.32 Å². The lowest BCUT2D eigenvalue weighted by atomic mass is 10.1. The molecule has 106 valence electrons. The Kier molecular flexibility index (Phi) is 5.75. The Morgan fingerprint density at radius 2 is 2.05 bits per heavy atom. The molecule has 7 heteroatoms. The molecule has 19 heavy (non-hydrogen) atoms. The standard InChI is InChI=1S/C12H18N2O4S/c1-7(2)10(11(16)18-4)14-12-13-8(6-19-12)5-9(15)17-3/h6-7,10H,5H2,1-4H3,(H,13,14). The molecule has 6 nitrogen and oxygen atoms in total. The Balaban J connectivity index is 2.70. The highest BCUT2D eigenvalue weighted by Gasteiger charge is 2.23. The zero-order valence-corrected chi connectivity index (χ0v) is 12.2. The molecule has 0 aliphatic heterocycles. The molecule has 0 spiro atoms. The summed E-state index contributed by atoms with van der Waals surface area (Å²) in [5.74, 6) is -0.606. The minimum atomic E-state index is -0.456. The topological polar surface area (TPSA) is 77.5 Å². The smallest absolute Gasteiger partial charge is 0.328 e. The van der Waals surface area contributed by atoms with E-state index >= 15 is 0 Å². The molecule has 0 bridgehead atoms. The number of aromatic nitrogens is 1. The fraction of sp³-hybridized carbons (Fsp3) is 0.583. The second kappa shape index (κ2) is 7.08. The van der Waals surface area contributed by atoms with Gasteiger partial charge in [-0.3, -0.25) is 4.79 Å². The van der Waals surface area contributed by atoms with Crippen molar-refractivity contribution in [3.63, 3.8) is 0 Å². The zero-order chi connectivity index (χ0) is 14.4. The van der Waals surface area contributed by atoms with Crippen molar-refractivity contribution in [2.75, 3.05) is 19.5 Å². The van der Waals surface area contributed by atoms with E-state index in [4.69, 9.17) is 4.74 Å². The van der Waals surface area contributed by atoms with Gasteiger partial charge < -0.3 is 14.8 Å². The first-order valence-corrected chi connectivity index (χ1v) is 6.71. The van der Waals surface area contributed by atoms with Crippen LogP contribution in [0.4, 0.5) is 5.13 Å². The average Bonchev–Trinajstić information content (AvgIpc) is 2.81. The predicted octanol–water partition coefficient (Wildman–Crippen LogP) is 1.47. The molecule has 0 aliphatic carbocycles. The van der Waals surface area contributed by atoms with Gasteiger partial charge in [0, 0.05) is 5.38 Å². The van der Waals surface area contributed by atoms with E-state index in [1.165, 1.54) is 25.6 Å². The van der Waals surface area contributed by atoms with Crippen molar-refractivity contribution in [3.8, 4) is 0 Å². The van der Waals surface area contributed by atoms with Crippen molar-refractivity contribution < 1.29 is 19.1 Å². The minimum absolute atomic E-state index is 0.0698. The van der Waals surface area contributed by atoms with Crippen LogP contribution in [-0.2, 0) is 25.5 Å². The summed E-state index contributed by atoms with van der Waals surface area (Å²) < 4.78 is 9.31. The van der Waals surface area contributed by atoms with Gasteiger partial charge in [0.2, 0.25) is 0 Å². The van der Waals surface area contributed by atoms with Crippen molar-refractivity contribution in [3.05, 3.63) is 11.1 Å². The van der Waals surface area contributed by atoms with Crippen LogP contribution in [0, 0.1) is 5.92 Å². The molecule has 0 saturated carbocycles. The minimum Gasteiger partial charge on any atom is -0.469 e. The molecule has 1 aromatic heterocycles. The van der Waals surface area contributed by atoms with Gasteiger partial charge >= 0.3 is 11.9 Å². The monoisotopic (exact) mass is 286 g/mol. The molecule has 0 aromatic carbocycles. The lowest BCUT2D eigenvalue weighted by molar-refractivity contribution is -0.142. The van der Waals surface area contributed by atoms with Gasteiger partial charge in [-0.25, -0.2) is 9.78 Å². The summed E-state index contributed by atoms with van der Waals surface area (Å²) in [6, 6.07) is -0.456. The van der Waals surface area contributed by atoms with Crippen molar-refractivity contribution in [1.82, 2.24) is 4.98 Å². The third kappa shape index (κ3) is 4.51. The lowest BCUT2D eigenvalue weighted by Crippen LogP contribution is -2.35. The summed E-state index contributed by atoms with van der Waals surface area (Å²) in [5, 5.41) is 5.37. The van der Waals surface area contributed by atoms with Gasteiger partial charge in [-0.1, -0.05) is 13.8 Å². The second-order valence-corrected chi connectivity index (χ2v) is 5.14. The molecule has 1 aromatic rings. The third-order valence-electron chi connectivity index (χ3n) is 2.51. The van der Waals surface area contributed by atoms with Gasteiger partial charge in [0.05, 0.1) is 26.3 Å². The van der Waals surface area contributed by atoms with Crippen LogP contribution in [0.15, 0.2) is 5.38 Å². The van der Waals surface area contributed by atoms with Crippen molar-refractivity contribution in [1.29, 1.82) is 0 Å². The third-order valence-corrected chi connectivity index (χ3v) is 3.33. The van der Waals surface area contributed by atoms with E-state index in [-0.39, 0.29) is 24.3 Å². The van der Waals surface area contributed by atoms with Crippen molar-refractivity contribution in [2.45, 2.75) is 26.3 Å². The first-order valence-electron chi connectivity index (χ1n) is 5.83. The molecule has 0 fully saturated rings. The van der Waals surface area contributed by atoms with E-state index in [0.717, 1.165) is 0 Å². The summed E-state index contributed by atoms with van der Waals surface area (Å²) in [6.07, 6.45) is 0.124. The number of thiazole rings is 1. The van der Waals surface area contributed by atoms with Crippen molar-refractivity contribution >= 4 is 28.4 Å². The summed E-state index contributed by atoms with van der Waals surface area (Å²) in [4.78, 5) is 27.0. The molecule has 1 rings (SSSR count). The van der Waals surface area contributed by atoms with Crippen LogP contribution in [0.1, 0.15) is 19.5 Å². The Morgan fingerprint density at radius 1 is 1.37 bits per heavy atom. The SMILES string of the molecule is COC(=O)Cc1csc(NC(C(=O)OC)C(C)C)n1. The number of carbonyl (C=O) groups is 2. The largest absolute Gasteiger partial charge is 0.469 e. The Bertz CT molecular complexity index is 445. The van der Waals surface area contributed by atoms with Crippen LogP contribution >= 0.6 is 11.3 Å². The fourth-order valence-corrected chi connectivity index (χ4v) is 2.18. The molecule has 1 atom stereocenters. The number of hydrogen-bond acceptors (Lipinski definition) is 7. The number of esters is 2. The average molecular weight is 286 g/mol. The normalized spacial score (nSPS) is 12.1. The quantitative estimate of drug-likeness (QED) is 0.798. The Labute approximate surface area is 116 Å². The molecule has 1 heterocycles. The van der Waals surface area contributed by atoms with Gasteiger partial charge in [0.15, 0.2) is 5.13 Å². The highest BCUT2D eigenvalue weighted by molar-refractivity contribution is 7.13. The Hall–Kier alpha value is -1.63. The maximum Gasteiger partial charge on any atom is 0.328 e. The van der Waals surface area contributed by atoms with E-state index in [1.807, 2.05) is 13.8 Å². The van der Waals surface area contributed by atoms with Gasteiger partial charge in [0.25, 0.3) is 0 Å². The molecular formula is C12H18N2O4S. The number of hydrogen-bond donors (Lipinski definition) is 1. The zero-order valence-electron chi connectivity index (χ0n) is 11.4. The van der Waals surface area contributed by atoms with Crippen molar-refractivity contribution in [2.24, 2.45) is 5.92 Å². The lowest BCUT2D eigenvalue weighted by Gasteiger charge is -2.18. The molecule has 1 unspecified atom stereocenters. The maximum absolute atomic E-state index is 11.6. The summed E-state index contributed by atoms with van der Waals surface area (Å²) in [5.41, 5.74) is 0.617. The first-order chi connectivity index (χ1) is 8.97. The molecule has 0 amide bonds. The van der Waals surface area contributed by atoms with Crippen LogP contribution in [0.5, 0.6) is 0 Å². The van der Waals surface area contributed by atoms with Crippen LogP contribution in [0.25, 0.3) is 0 Å². The summed E-state index contributed by atoms with van der Waals surface area (Å²) >= 11 is 1.34. The highest BCUT2D eigenvalue weighted by Crippen LogP contribution is 2.19. The van der Waals surface area contributed by atoms with Gasteiger partial charge in [-0.2, -0.15) is 0 Å². The summed E-state index contributed by atoms with van der Waals surface area (Å²) in [7, 11) is 2.68. The number of nitrogens with zero attached hydrogens (tertiary/aromatic N) is 1. The highest BCUT2D eigenvalue weighted by atomic mass is 32.1. The number of ether oxygens (including phenoxy) is 2. The first kappa shape index (κ1) is 15.4. The van der Waals surface area contributed by atoms with Gasteiger partial charge in [0.1, 0.15) is 6.04 Å². The van der Waals surface area contributed by atoms with Gasteiger partial charge in [-0.15, -0.1) is 11.3 Å². The van der Waals surface area contributed by atoms with Gasteiger partial charge in [-0.05, 0) is 5.92 Å². The molecular weight excluding hydrogens is 268 g/mol. The van der Waals surface area contributed by atoms with E-state index < -0.39 is 6.04 Å². The number of carbonyl (C=O) groups excluding carboxylic acids is 2. The van der Waals surface area contributed by atoms with Crippen LogP contribution in [0.3, 0.4) is 0 Å². The maximum atomic E-state index is 11.6. The summed E-state index contributed by atoms with van der Waals surface area (Å²) in [6.45, 7) is 3.83. The second-order valence-electron chi connectivity index (χ2n) is 4.29. The molecule has 0 radical (unpaired) electrons. The molecule has 1 N–H and O–H groups in total. The molecule has 0 saturated heterocycles. The number of methoxy groups -OCH3 is 2. The molecule has 0 aliphatic rings. The van der Waals surface area contributed by atoms with E-state index in [2.05, 4.69) is 15.0 Å². The predicted molar refractivity (Wildman–Crippen MR) is 72.1 cm³/mol. The number of nitrogens with one attached hydrogen (secondary N) is 1. The Morgan fingerprint density at radius 3 is 2.58 bits per heavy atom.